The monoisotopic (exact) mass is 385 g/mol. The van der Waals surface area contributed by atoms with Gasteiger partial charge < -0.3 is 15.4 Å². The zero-order chi connectivity index (χ0) is 19.3. The molecule has 2 aromatic rings. The highest BCUT2D eigenvalue weighted by Crippen LogP contribution is 2.45. The van der Waals surface area contributed by atoms with E-state index in [0.29, 0.717) is 16.3 Å². The first-order valence-corrected chi connectivity index (χ1v) is 9.10. The van der Waals surface area contributed by atoms with Crippen LogP contribution in [0.1, 0.15) is 29.7 Å². The summed E-state index contributed by atoms with van der Waals surface area (Å²) in [4.78, 5) is 25.3. The van der Waals surface area contributed by atoms with Crippen LogP contribution in [0.25, 0.3) is 0 Å². The van der Waals surface area contributed by atoms with Gasteiger partial charge >= 0.3 is 6.03 Å². The average Bonchev–Trinajstić information content (AvgIpc) is 2.57. The third-order valence-electron chi connectivity index (χ3n) is 5.13. The Hall–Kier alpha value is -2.73. The number of carbonyl (C=O) groups excluding carboxylic acids is 2. The average molecular weight is 386 g/mol. The summed E-state index contributed by atoms with van der Waals surface area (Å²) in [7, 11) is 0. The van der Waals surface area contributed by atoms with E-state index in [4.69, 9.17) is 16.3 Å². The van der Waals surface area contributed by atoms with Crippen molar-refractivity contribution in [2.45, 2.75) is 32.5 Å². The number of anilines is 1. The van der Waals surface area contributed by atoms with Crippen molar-refractivity contribution in [2.24, 2.45) is 5.92 Å². The highest BCUT2D eigenvalue weighted by molar-refractivity contribution is 6.30. The Morgan fingerprint density at radius 1 is 1.22 bits per heavy atom. The molecule has 0 saturated carbocycles. The summed E-state index contributed by atoms with van der Waals surface area (Å²) in [6, 6.07) is 10.1. The molecule has 2 aliphatic heterocycles. The van der Waals surface area contributed by atoms with Crippen LogP contribution in [0.3, 0.4) is 0 Å². The maximum absolute atomic E-state index is 13.2. The number of nitrogens with one attached hydrogen (secondary N) is 3. The Bertz CT molecular complexity index is 961. The smallest absolute Gasteiger partial charge is 0.318 e. The quantitative estimate of drug-likeness (QED) is 0.737. The summed E-state index contributed by atoms with van der Waals surface area (Å²) in [6.07, 6.45) is 0. The summed E-state index contributed by atoms with van der Waals surface area (Å²) in [6.45, 7) is 5.65. The SMILES string of the molecule is Cc1ccc(NC(=O)[C@H]2[C@H]3NC(=O)N[C@@]2(C)Oc2ccc(Cl)cc23)c(C)c1. The predicted octanol–water partition coefficient (Wildman–Crippen LogP) is 3.67. The van der Waals surface area contributed by atoms with Crippen LogP contribution in [0.5, 0.6) is 5.75 Å². The summed E-state index contributed by atoms with van der Waals surface area (Å²) in [5.74, 6) is -0.329. The lowest BCUT2D eigenvalue weighted by atomic mass is 9.79. The van der Waals surface area contributed by atoms with Crippen LogP contribution in [0.2, 0.25) is 5.02 Å². The normalized spacial score (nSPS) is 25.6. The molecule has 2 aromatic carbocycles. The molecule has 4 rings (SSSR count). The zero-order valence-corrected chi connectivity index (χ0v) is 16.0. The Kier molecular flexibility index (Phi) is 4.03. The maximum atomic E-state index is 13.2. The predicted molar refractivity (Wildman–Crippen MR) is 103 cm³/mol. The minimum absolute atomic E-state index is 0.243. The first kappa shape index (κ1) is 17.7. The van der Waals surface area contributed by atoms with Gasteiger partial charge in [-0.25, -0.2) is 4.79 Å². The number of benzene rings is 2. The number of ether oxygens (including phenoxy) is 1. The van der Waals surface area contributed by atoms with Gasteiger partial charge in [-0.3, -0.25) is 10.1 Å². The zero-order valence-electron chi connectivity index (χ0n) is 15.2. The van der Waals surface area contributed by atoms with Crippen molar-refractivity contribution in [1.82, 2.24) is 10.6 Å². The number of hydrogen-bond acceptors (Lipinski definition) is 3. The van der Waals surface area contributed by atoms with Crippen LogP contribution >= 0.6 is 11.6 Å². The summed E-state index contributed by atoms with van der Waals surface area (Å²) in [5.41, 5.74) is 2.34. The lowest BCUT2D eigenvalue weighted by molar-refractivity contribution is -0.133. The lowest BCUT2D eigenvalue weighted by Crippen LogP contribution is -2.70. The molecule has 0 aromatic heterocycles. The number of urea groups is 1. The van der Waals surface area contributed by atoms with Gasteiger partial charge in [-0.1, -0.05) is 29.3 Å². The number of fused-ring (bicyclic) bond motifs is 4. The topological polar surface area (TPSA) is 79.5 Å². The van der Waals surface area contributed by atoms with E-state index in [9.17, 15) is 9.59 Å². The molecular formula is C20H20ClN3O3. The molecule has 2 aliphatic rings. The van der Waals surface area contributed by atoms with Crippen molar-refractivity contribution in [1.29, 1.82) is 0 Å². The highest BCUT2D eigenvalue weighted by Gasteiger charge is 2.55. The van der Waals surface area contributed by atoms with Crippen LogP contribution in [0.15, 0.2) is 36.4 Å². The van der Waals surface area contributed by atoms with Gasteiger partial charge in [0.2, 0.25) is 5.91 Å². The molecule has 0 spiro atoms. The van der Waals surface area contributed by atoms with Gasteiger partial charge in [0.05, 0.1) is 6.04 Å². The minimum atomic E-state index is -1.17. The lowest BCUT2D eigenvalue weighted by Gasteiger charge is -2.49. The van der Waals surface area contributed by atoms with Crippen molar-refractivity contribution < 1.29 is 14.3 Å². The molecule has 1 saturated heterocycles. The third kappa shape index (κ3) is 3.00. The largest absolute Gasteiger partial charge is 0.467 e. The fourth-order valence-electron chi connectivity index (χ4n) is 3.88. The van der Waals surface area contributed by atoms with Gasteiger partial charge in [-0.05, 0) is 50.6 Å². The van der Waals surface area contributed by atoms with E-state index in [1.165, 1.54) is 0 Å². The third-order valence-corrected chi connectivity index (χ3v) is 5.36. The summed E-state index contributed by atoms with van der Waals surface area (Å²) < 4.78 is 6.05. The fraction of sp³-hybridized carbons (Fsp3) is 0.300. The molecule has 1 fully saturated rings. The molecule has 0 aliphatic carbocycles. The first-order chi connectivity index (χ1) is 12.8. The number of carbonyl (C=O) groups is 2. The van der Waals surface area contributed by atoms with E-state index in [1.807, 2.05) is 32.0 Å². The second-order valence-electron chi connectivity index (χ2n) is 7.25. The molecular weight excluding hydrogens is 366 g/mol. The van der Waals surface area contributed by atoms with Crippen molar-refractivity contribution >= 4 is 29.2 Å². The van der Waals surface area contributed by atoms with E-state index in [-0.39, 0.29) is 11.9 Å². The molecule has 0 unspecified atom stereocenters. The molecule has 3 atom stereocenters. The maximum Gasteiger partial charge on any atom is 0.318 e. The standard InChI is InChI=1S/C20H20ClN3O3/c1-10-4-6-14(11(2)8-10)22-18(25)16-17-13-9-12(21)5-7-15(13)27-20(16,3)24-19(26)23-17/h4-9,16-17H,1-3H3,(H,22,25)(H2,23,24,26)/t16-,17+,20+/m1/s1. The van der Waals surface area contributed by atoms with Crippen molar-refractivity contribution in [3.05, 3.63) is 58.1 Å². The molecule has 3 amide bonds. The second-order valence-corrected chi connectivity index (χ2v) is 7.69. The van der Waals surface area contributed by atoms with E-state index in [0.717, 1.165) is 16.8 Å². The van der Waals surface area contributed by atoms with E-state index in [1.54, 1.807) is 25.1 Å². The first-order valence-electron chi connectivity index (χ1n) is 8.72. The Morgan fingerprint density at radius 2 is 2.00 bits per heavy atom. The van der Waals surface area contributed by atoms with Crippen LogP contribution in [0.4, 0.5) is 10.5 Å². The van der Waals surface area contributed by atoms with Gasteiger partial charge in [0.1, 0.15) is 11.7 Å². The second kappa shape index (κ2) is 6.16. The van der Waals surface area contributed by atoms with Gasteiger partial charge in [0, 0.05) is 16.3 Å². The molecule has 0 radical (unpaired) electrons. The van der Waals surface area contributed by atoms with Crippen molar-refractivity contribution in [3.8, 4) is 5.75 Å². The van der Waals surface area contributed by atoms with E-state index in [2.05, 4.69) is 16.0 Å². The Morgan fingerprint density at radius 3 is 2.74 bits per heavy atom. The Balaban J connectivity index is 1.73. The van der Waals surface area contributed by atoms with Crippen LogP contribution in [-0.2, 0) is 4.79 Å². The minimum Gasteiger partial charge on any atom is -0.467 e. The number of amides is 3. The number of aryl methyl sites for hydroxylation is 2. The fourth-order valence-corrected chi connectivity index (χ4v) is 4.06. The van der Waals surface area contributed by atoms with Crippen molar-refractivity contribution in [3.63, 3.8) is 0 Å². The molecule has 27 heavy (non-hydrogen) atoms. The van der Waals surface area contributed by atoms with Crippen LogP contribution < -0.4 is 20.7 Å². The molecule has 140 valence electrons. The highest BCUT2D eigenvalue weighted by atomic mass is 35.5. The number of rotatable bonds is 2. The molecule has 6 nitrogen and oxygen atoms in total. The molecule has 2 bridgehead atoms. The molecule has 2 heterocycles. The molecule has 7 heteroatoms. The van der Waals surface area contributed by atoms with Gasteiger partial charge in [-0.2, -0.15) is 0 Å². The molecule has 3 N–H and O–H groups in total. The Labute approximate surface area is 162 Å². The van der Waals surface area contributed by atoms with Crippen LogP contribution in [-0.4, -0.2) is 17.7 Å². The summed E-state index contributed by atoms with van der Waals surface area (Å²) >= 11 is 6.13. The number of hydrogen-bond donors (Lipinski definition) is 3. The van der Waals surface area contributed by atoms with Crippen LogP contribution in [0, 0.1) is 19.8 Å². The van der Waals surface area contributed by atoms with E-state index < -0.39 is 17.7 Å². The number of halogens is 1. The van der Waals surface area contributed by atoms with Gasteiger partial charge in [0.15, 0.2) is 5.72 Å². The summed E-state index contributed by atoms with van der Waals surface area (Å²) in [5, 5.41) is 9.10. The van der Waals surface area contributed by atoms with Gasteiger partial charge in [-0.15, -0.1) is 0 Å². The van der Waals surface area contributed by atoms with Gasteiger partial charge in [0.25, 0.3) is 0 Å². The van der Waals surface area contributed by atoms with Crippen molar-refractivity contribution in [2.75, 3.05) is 5.32 Å². The van der Waals surface area contributed by atoms with E-state index >= 15 is 0 Å².